The lowest BCUT2D eigenvalue weighted by atomic mass is 9.57. The second-order valence-corrected chi connectivity index (χ2v) is 6.99. The van der Waals surface area contributed by atoms with E-state index < -0.39 is 5.60 Å². The molecule has 1 amide bonds. The summed E-state index contributed by atoms with van der Waals surface area (Å²) in [7, 11) is 0. The second-order valence-electron chi connectivity index (χ2n) is 6.99. The van der Waals surface area contributed by atoms with E-state index in [1.807, 2.05) is 27.7 Å². The lowest BCUT2D eigenvalue weighted by molar-refractivity contribution is -0.147. The van der Waals surface area contributed by atoms with Gasteiger partial charge in [0.15, 0.2) is 0 Å². The van der Waals surface area contributed by atoms with Gasteiger partial charge in [-0.2, -0.15) is 0 Å². The van der Waals surface area contributed by atoms with Gasteiger partial charge in [-0.1, -0.05) is 0 Å². The topological polar surface area (TPSA) is 64.8 Å². The molecule has 0 bridgehead atoms. The van der Waals surface area contributed by atoms with Crippen LogP contribution in [0.3, 0.4) is 0 Å². The standard InChI is InChI=1S/C15H28N2O3/c1-5-19-12-10-11(16)15(12)6-8-17(9-7-15)13(18)20-14(2,3)4/h11-12H,5-10,16H2,1-4H3/t11-,12-/m1/s1. The molecule has 1 saturated heterocycles. The van der Waals surface area contributed by atoms with E-state index >= 15 is 0 Å². The van der Waals surface area contributed by atoms with Crippen LogP contribution < -0.4 is 5.73 Å². The molecule has 1 spiro atoms. The second kappa shape index (κ2) is 5.53. The van der Waals surface area contributed by atoms with E-state index in [0.717, 1.165) is 25.9 Å². The lowest BCUT2D eigenvalue weighted by Crippen LogP contribution is -2.66. The quantitative estimate of drug-likeness (QED) is 0.843. The normalized spacial score (nSPS) is 29.1. The molecular formula is C15H28N2O3. The third-order valence-electron chi connectivity index (χ3n) is 4.56. The van der Waals surface area contributed by atoms with Crippen LogP contribution >= 0.6 is 0 Å². The van der Waals surface area contributed by atoms with Crippen LogP contribution in [0.1, 0.15) is 47.0 Å². The number of rotatable bonds is 2. The molecule has 2 aliphatic rings. The summed E-state index contributed by atoms with van der Waals surface area (Å²) >= 11 is 0. The lowest BCUT2D eigenvalue weighted by Gasteiger charge is -2.57. The third-order valence-corrected chi connectivity index (χ3v) is 4.56. The van der Waals surface area contributed by atoms with Gasteiger partial charge in [-0.3, -0.25) is 0 Å². The van der Waals surface area contributed by atoms with Gasteiger partial charge in [-0.15, -0.1) is 0 Å². The first-order valence-corrected chi connectivity index (χ1v) is 7.63. The third kappa shape index (κ3) is 2.93. The maximum atomic E-state index is 12.1. The van der Waals surface area contributed by atoms with Crippen molar-refractivity contribution in [1.29, 1.82) is 0 Å². The Morgan fingerprint density at radius 3 is 2.40 bits per heavy atom. The molecule has 5 nitrogen and oxygen atoms in total. The Morgan fingerprint density at radius 2 is 1.95 bits per heavy atom. The summed E-state index contributed by atoms with van der Waals surface area (Å²) in [5.74, 6) is 0. The molecule has 0 radical (unpaired) electrons. The van der Waals surface area contributed by atoms with Gasteiger partial charge in [-0.05, 0) is 47.0 Å². The summed E-state index contributed by atoms with van der Waals surface area (Å²) in [5.41, 5.74) is 5.86. The van der Waals surface area contributed by atoms with Crippen LogP contribution in [0.2, 0.25) is 0 Å². The largest absolute Gasteiger partial charge is 0.444 e. The number of nitrogens with zero attached hydrogens (tertiary/aromatic N) is 1. The van der Waals surface area contributed by atoms with Gasteiger partial charge in [0.05, 0.1) is 6.10 Å². The molecule has 0 aromatic carbocycles. The molecule has 1 aliphatic heterocycles. The highest BCUT2D eigenvalue weighted by Gasteiger charge is 2.55. The number of hydrogen-bond donors (Lipinski definition) is 1. The molecule has 20 heavy (non-hydrogen) atoms. The van der Waals surface area contributed by atoms with E-state index in [1.165, 1.54) is 0 Å². The highest BCUT2D eigenvalue weighted by molar-refractivity contribution is 5.68. The molecule has 1 saturated carbocycles. The van der Waals surface area contributed by atoms with Crippen molar-refractivity contribution in [2.75, 3.05) is 19.7 Å². The molecule has 2 fully saturated rings. The summed E-state index contributed by atoms with van der Waals surface area (Å²) in [6, 6.07) is 0.208. The van der Waals surface area contributed by atoms with Gasteiger partial charge in [0.1, 0.15) is 5.60 Å². The van der Waals surface area contributed by atoms with Crippen molar-refractivity contribution in [2.45, 2.75) is 64.7 Å². The summed E-state index contributed by atoms with van der Waals surface area (Å²) in [4.78, 5) is 13.9. The number of nitrogens with two attached hydrogens (primary N) is 1. The Hall–Kier alpha value is -0.810. The first-order valence-electron chi connectivity index (χ1n) is 7.63. The zero-order valence-electron chi connectivity index (χ0n) is 13.1. The van der Waals surface area contributed by atoms with Crippen molar-refractivity contribution in [3.05, 3.63) is 0 Å². The van der Waals surface area contributed by atoms with Gasteiger partial charge in [0, 0.05) is 31.2 Å². The van der Waals surface area contributed by atoms with Crippen LogP contribution in [-0.4, -0.2) is 48.4 Å². The molecule has 2 rings (SSSR count). The Labute approximate surface area is 121 Å². The maximum absolute atomic E-state index is 12.1. The molecule has 1 aliphatic carbocycles. The fourth-order valence-corrected chi connectivity index (χ4v) is 3.34. The maximum Gasteiger partial charge on any atom is 0.410 e. The molecule has 0 aromatic heterocycles. The number of likely N-dealkylation sites (tertiary alicyclic amines) is 1. The van der Waals surface area contributed by atoms with Crippen molar-refractivity contribution in [1.82, 2.24) is 4.90 Å². The molecule has 0 aromatic rings. The predicted octanol–water partition coefficient (Wildman–Crippen LogP) is 2.14. The highest BCUT2D eigenvalue weighted by atomic mass is 16.6. The van der Waals surface area contributed by atoms with Crippen LogP contribution in [0.25, 0.3) is 0 Å². The Bertz CT molecular complexity index is 355. The van der Waals surface area contributed by atoms with Crippen molar-refractivity contribution in [3.63, 3.8) is 0 Å². The fraction of sp³-hybridized carbons (Fsp3) is 0.933. The van der Waals surface area contributed by atoms with Crippen molar-refractivity contribution in [3.8, 4) is 0 Å². The van der Waals surface area contributed by atoms with Crippen molar-refractivity contribution in [2.24, 2.45) is 11.1 Å². The number of carbonyl (C=O) groups is 1. The first-order chi connectivity index (χ1) is 9.28. The predicted molar refractivity (Wildman–Crippen MR) is 77.5 cm³/mol. The van der Waals surface area contributed by atoms with E-state index in [-0.39, 0.29) is 23.7 Å². The van der Waals surface area contributed by atoms with Crippen LogP contribution in [0.4, 0.5) is 4.79 Å². The van der Waals surface area contributed by atoms with Gasteiger partial charge >= 0.3 is 6.09 Å². The first kappa shape index (κ1) is 15.6. The van der Waals surface area contributed by atoms with Crippen molar-refractivity contribution >= 4 is 6.09 Å². The number of amides is 1. The summed E-state index contributed by atoms with van der Waals surface area (Å²) in [5, 5.41) is 0. The Balaban J connectivity index is 1.90. The van der Waals surface area contributed by atoms with E-state index in [0.29, 0.717) is 13.1 Å². The minimum absolute atomic E-state index is 0.0779. The molecule has 2 N–H and O–H groups in total. The molecule has 2 atom stereocenters. The zero-order valence-corrected chi connectivity index (χ0v) is 13.1. The highest BCUT2D eigenvalue weighted by Crippen LogP contribution is 2.50. The minimum atomic E-state index is -0.438. The van der Waals surface area contributed by atoms with Gasteiger partial charge in [-0.25, -0.2) is 4.79 Å². The Morgan fingerprint density at radius 1 is 1.35 bits per heavy atom. The SMILES string of the molecule is CCO[C@@H]1C[C@@H](N)C12CCN(C(=O)OC(C)(C)C)CC2. The molecular weight excluding hydrogens is 256 g/mol. The zero-order chi connectivity index (χ0) is 15.0. The molecule has 1 heterocycles. The van der Waals surface area contributed by atoms with Crippen LogP contribution in [0.5, 0.6) is 0 Å². The fourth-order valence-electron chi connectivity index (χ4n) is 3.34. The number of carbonyl (C=O) groups excluding carboxylic acids is 1. The van der Waals surface area contributed by atoms with E-state index in [2.05, 4.69) is 0 Å². The van der Waals surface area contributed by atoms with Crippen LogP contribution in [0.15, 0.2) is 0 Å². The summed E-state index contributed by atoms with van der Waals surface area (Å²) in [6.07, 6.45) is 2.83. The average Bonchev–Trinajstić information content (AvgIpc) is 2.37. The van der Waals surface area contributed by atoms with Gasteiger partial charge in [0.2, 0.25) is 0 Å². The number of ether oxygens (including phenoxy) is 2. The Kier molecular flexibility index (Phi) is 4.30. The number of piperidine rings is 1. The van der Waals surface area contributed by atoms with Crippen LogP contribution in [0, 0.1) is 5.41 Å². The van der Waals surface area contributed by atoms with Gasteiger partial charge in [0.25, 0.3) is 0 Å². The van der Waals surface area contributed by atoms with Crippen molar-refractivity contribution < 1.29 is 14.3 Å². The molecule has 116 valence electrons. The van der Waals surface area contributed by atoms with E-state index in [1.54, 1.807) is 4.90 Å². The molecule has 0 unspecified atom stereocenters. The minimum Gasteiger partial charge on any atom is -0.444 e. The molecule has 5 heteroatoms. The summed E-state index contributed by atoms with van der Waals surface area (Å²) < 4.78 is 11.2. The van der Waals surface area contributed by atoms with E-state index in [4.69, 9.17) is 15.2 Å². The van der Waals surface area contributed by atoms with Crippen LogP contribution in [-0.2, 0) is 9.47 Å². The van der Waals surface area contributed by atoms with Gasteiger partial charge < -0.3 is 20.1 Å². The van der Waals surface area contributed by atoms with E-state index in [9.17, 15) is 4.79 Å². The average molecular weight is 284 g/mol. The summed E-state index contributed by atoms with van der Waals surface area (Å²) in [6.45, 7) is 9.86. The number of hydrogen-bond acceptors (Lipinski definition) is 4. The monoisotopic (exact) mass is 284 g/mol. The smallest absolute Gasteiger partial charge is 0.410 e.